The summed E-state index contributed by atoms with van der Waals surface area (Å²) in [6.07, 6.45) is 9.26. The third-order valence-electron chi connectivity index (χ3n) is 5.23. The molecule has 0 spiro atoms. The number of piperidine rings is 1. The maximum absolute atomic E-state index is 11.7. The minimum Gasteiger partial charge on any atom is -0.341 e. The van der Waals surface area contributed by atoms with Crippen LogP contribution in [0.1, 0.15) is 58.4 Å². The number of hydrogen-bond acceptors (Lipinski definition) is 5. The van der Waals surface area contributed by atoms with Crippen LogP contribution in [0, 0.1) is 11.8 Å². The highest BCUT2D eigenvalue weighted by Crippen LogP contribution is 2.22. The van der Waals surface area contributed by atoms with Crippen molar-refractivity contribution in [3.63, 3.8) is 0 Å². The first-order chi connectivity index (χ1) is 12.0. The Balaban J connectivity index is 1.75. The second kappa shape index (κ2) is 9.85. The molecule has 2 heterocycles. The maximum Gasteiger partial charge on any atom is 0.225 e. The summed E-state index contributed by atoms with van der Waals surface area (Å²) in [5, 5.41) is 0. The van der Waals surface area contributed by atoms with Gasteiger partial charge in [0, 0.05) is 49.9 Å². The maximum atomic E-state index is 11.7. The van der Waals surface area contributed by atoms with Crippen LogP contribution in [0.25, 0.3) is 0 Å². The van der Waals surface area contributed by atoms with Crippen molar-refractivity contribution in [2.45, 2.75) is 59.4 Å². The zero-order valence-electron chi connectivity index (χ0n) is 16.4. The first-order valence-corrected chi connectivity index (χ1v) is 9.76. The van der Waals surface area contributed by atoms with Crippen LogP contribution in [0.4, 0.5) is 5.95 Å². The molecule has 25 heavy (non-hydrogen) atoms. The van der Waals surface area contributed by atoms with Crippen LogP contribution in [-0.2, 0) is 11.3 Å². The van der Waals surface area contributed by atoms with E-state index in [4.69, 9.17) is 0 Å². The lowest BCUT2D eigenvalue weighted by atomic mass is 9.95. The zero-order chi connectivity index (χ0) is 18.2. The third kappa shape index (κ3) is 6.38. The van der Waals surface area contributed by atoms with Gasteiger partial charge in [0.1, 0.15) is 5.78 Å². The average Bonchev–Trinajstić information content (AvgIpc) is 2.62. The van der Waals surface area contributed by atoms with E-state index >= 15 is 0 Å². The number of ketones is 1. The predicted molar refractivity (Wildman–Crippen MR) is 103 cm³/mol. The Morgan fingerprint density at radius 1 is 1.28 bits per heavy atom. The Morgan fingerprint density at radius 2 is 1.92 bits per heavy atom. The highest BCUT2D eigenvalue weighted by molar-refractivity contribution is 5.80. The van der Waals surface area contributed by atoms with Crippen LogP contribution in [0.5, 0.6) is 0 Å². The monoisotopic (exact) mass is 346 g/mol. The largest absolute Gasteiger partial charge is 0.341 e. The van der Waals surface area contributed by atoms with Gasteiger partial charge in [-0.1, -0.05) is 27.2 Å². The number of hydrogen-bond donors (Lipinski definition) is 0. The van der Waals surface area contributed by atoms with Crippen molar-refractivity contribution in [1.29, 1.82) is 0 Å². The molecule has 0 atom stereocenters. The topological polar surface area (TPSA) is 49.3 Å². The number of anilines is 1. The van der Waals surface area contributed by atoms with Gasteiger partial charge in [-0.2, -0.15) is 0 Å². The molecule has 0 saturated carbocycles. The fourth-order valence-electron chi connectivity index (χ4n) is 3.34. The van der Waals surface area contributed by atoms with Crippen LogP contribution in [0.15, 0.2) is 12.4 Å². The van der Waals surface area contributed by atoms with E-state index in [1.54, 1.807) is 0 Å². The molecule has 0 radical (unpaired) electrons. The van der Waals surface area contributed by atoms with Gasteiger partial charge in [-0.15, -0.1) is 0 Å². The number of aromatic nitrogens is 2. The molecule has 0 amide bonds. The quantitative estimate of drug-likeness (QED) is 0.684. The van der Waals surface area contributed by atoms with Gasteiger partial charge in [-0.3, -0.25) is 4.79 Å². The number of carbonyl (C=O) groups is 1. The van der Waals surface area contributed by atoms with Gasteiger partial charge in [-0.05, 0) is 38.8 Å². The molecule has 1 fully saturated rings. The molecule has 0 aliphatic carbocycles. The van der Waals surface area contributed by atoms with Crippen LogP contribution < -0.4 is 4.90 Å². The van der Waals surface area contributed by atoms with E-state index in [0.717, 1.165) is 50.0 Å². The van der Waals surface area contributed by atoms with Crippen molar-refractivity contribution in [1.82, 2.24) is 14.9 Å². The van der Waals surface area contributed by atoms with Crippen molar-refractivity contribution >= 4 is 11.7 Å². The van der Waals surface area contributed by atoms with Gasteiger partial charge in [0.25, 0.3) is 0 Å². The fraction of sp³-hybridized carbons (Fsp3) is 0.750. The molecular weight excluding hydrogens is 312 g/mol. The molecule has 140 valence electrons. The summed E-state index contributed by atoms with van der Waals surface area (Å²) in [6.45, 7) is 10.1. The predicted octanol–water partition coefficient (Wildman–Crippen LogP) is 3.54. The zero-order valence-corrected chi connectivity index (χ0v) is 16.4. The van der Waals surface area contributed by atoms with Gasteiger partial charge in [0.05, 0.1) is 0 Å². The second-order valence-electron chi connectivity index (χ2n) is 7.69. The summed E-state index contributed by atoms with van der Waals surface area (Å²) in [4.78, 5) is 25.3. The standard InChI is InChI=1S/C20H34N4O/c1-5-17-8-11-24(12-9-17)20-21-13-18(14-22-20)15-23(4)10-6-7-19(25)16(2)3/h13-14,16-17H,5-12,15H2,1-4H3. The summed E-state index contributed by atoms with van der Waals surface area (Å²) in [5.74, 6) is 2.23. The summed E-state index contributed by atoms with van der Waals surface area (Å²) in [5.41, 5.74) is 1.13. The molecule has 0 N–H and O–H groups in total. The smallest absolute Gasteiger partial charge is 0.225 e. The Bertz CT molecular complexity index is 521. The van der Waals surface area contributed by atoms with E-state index in [2.05, 4.69) is 33.7 Å². The number of rotatable bonds is 9. The fourth-order valence-corrected chi connectivity index (χ4v) is 3.34. The molecule has 5 nitrogen and oxygen atoms in total. The summed E-state index contributed by atoms with van der Waals surface area (Å²) in [7, 11) is 2.09. The Hall–Kier alpha value is -1.49. The summed E-state index contributed by atoms with van der Waals surface area (Å²) < 4.78 is 0. The van der Waals surface area contributed by atoms with E-state index in [-0.39, 0.29) is 5.92 Å². The SMILES string of the molecule is CCC1CCN(c2ncc(CN(C)CCCC(=O)C(C)C)cn2)CC1. The molecule has 1 saturated heterocycles. The third-order valence-corrected chi connectivity index (χ3v) is 5.23. The molecule has 1 aromatic heterocycles. The molecular formula is C20H34N4O. The number of nitrogens with zero attached hydrogens (tertiary/aromatic N) is 4. The first kappa shape index (κ1) is 19.8. The molecule has 0 aromatic carbocycles. The normalized spacial score (nSPS) is 16.0. The molecule has 0 bridgehead atoms. The van der Waals surface area contributed by atoms with E-state index in [1.807, 2.05) is 26.2 Å². The minimum atomic E-state index is 0.147. The Kier molecular flexibility index (Phi) is 7.82. The Morgan fingerprint density at radius 3 is 2.48 bits per heavy atom. The lowest BCUT2D eigenvalue weighted by Crippen LogP contribution is -2.34. The van der Waals surface area contributed by atoms with E-state index in [0.29, 0.717) is 12.2 Å². The van der Waals surface area contributed by atoms with E-state index in [9.17, 15) is 4.79 Å². The van der Waals surface area contributed by atoms with Gasteiger partial charge in [0.15, 0.2) is 0 Å². The minimum absolute atomic E-state index is 0.147. The molecule has 1 aromatic rings. The van der Waals surface area contributed by atoms with Crippen molar-refractivity contribution in [2.75, 3.05) is 31.6 Å². The summed E-state index contributed by atoms with van der Waals surface area (Å²) in [6, 6.07) is 0. The van der Waals surface area contributed by atoms with Gasteiger partial charge in [-0.25, -0.2) is 9.97 Å². The molecule has 2 rings (SSSR count). The molecule has 5 heteroatoms. The summed E-state index contributed by atoms with van der Waals surface area (Å²) >= 11 is 0. The number of Topliss-reactive ketones (excluding diaryl/α,β-unsaturated/α-hetero) is 1. The molecule has 0 unspecified atom stereocenters. The van der Waals surface area contributed by atoms with Gasteiger partial charge < -0.3 is 9.80 Å². The van der Waals surface area contributed by atoms with E-state index < -0.39 is 0 Å². The highest BCUT2D eigenvalue weighted by atomic mass is 16.1. The van der Waals surface area contributed by atoms with Crippen LogP contribution in [-0.4, -0.2) is 47.3 Å². The van der Waals surface area contributed by atoms with Crippen LogP contribution in [0.2, 0.25) is 0 Å². The van der Waals surface area contributed by atoms with Crippen molar-refractivity contribution in [3.8, 4) is 0 Å². The van der Waals surface area contributed by atoms with Crippen LogP contribution >= 0.6 is 0 Å². The highest BCUT2D eigenvalue weighted by Gasteiger charge is 2.19. The van der Waals surface area contributed by atoms with E-state index in [1.165, 1.54) is 19.3 Å². The second-order valence-corrected chi connectivity index (χ2v) is 7.69. The first-order valence-electron chi connectivity index (χ1n) is 9.76. The van der Waals surface area contributed by atoms with Gasteiger partial charge >= 0.3 is 0 Å². The van der Waals surface area contributed by atoms with Gasteiger partial charge in [0.2, 0.25) is 5.95 Å². The lowest BCUT2D eigenvalue weighted by molar-refractivity contribution is -0.122. The number of carbonyl (C=O) groups excluding carboxylic acids is 1. The molecule has 1 aliphatic heterocycles. The lowest BCUT2D eigenvalue weighted by Gasteiger charge is -2.31. The van der Waals surface area contributed by atoms with Crippen molar-refractivity contribution in [2.24, 2.45) is 11.8 Å². The molecule has 1 aliphatic rings. The average molecular weight is 347 g/mol. The Labute approximate surface area is 152 Å². The van der Waals surface area contributed by atoms with Crippen molar-refractivity contribution < 1.29 is 4.79 Å². The van der Waals surface area contributed by atoms with Crippen LogP contribution in [0.3, 0.4) is 0 Å². The van der Waals surface area contributed by atoms with Crippen molar-refractivity contribution in [3.05, 3.63) is 18.0 Å².